The second-order valence-corrected chi connectivity index (χ2v) is 5.62. The average molecular weight is 376 g/mol. The number of rotatable bonds is 6. The van der Waals surface area contributed by atoms with E-state index >= 15 is 0 Å². The maximum absolute atomic E-state index is 13.5. The summed E-state index contributed by atoms with van der Waals surface area (Å²) in [6, 6.07) is 9.90. The average Bonchev–Trinajstić information content (AvgIpc) is 2.52. The van der Waals surface area contributed by atoms with E-state index in [0.717, 1.165) is 0 Å². The van der Waals surface area contributed by atoms with Gasteiger partial charge in [0.25, 0.3) is 0 Å². The summed E-state index contributed by atoms with van der Waals surface area (Å²) in [5.74, 6) is -1.07. The highest BCUT2D eigenvalue weighted by atomic mass is 35.5. The van der Waals surface area contributed by atoms with Gasteiger partial charge in [-0.05, 0) is 36.2 Å². The molecule has 8 heteroatoms. The third-order valence-corrected chi connectivity index (χ3v) is 3.42. The highest BCUT2D eigenvalue weighted by molar-refractivity contribution is 6.31. The van der Waals surface area contributed by atoms with Crippen molar-refractivity contribution >= 4 is 23.2 Å². The van der Waals surface area contributed by atoms with E-state index in [0.29, 0.717) is 5.56 Å². The van der Waals surface area contributed by atoms with Gasteiger partial charge in [0.2, 0.25) is 5.91 Å². The number of hydrogen-bond donors (Lipinski definition) is 1. The molecule has 0 saturated heterocycles. The molecule has 1 N–H and O–H groups in total. The second-order valence-electron chi connectivity index (χ2n) is 5.18. The van der Waals surface area contributed by atoms with Gasteiger partial charge in [-0.1, -0.05) is 29.8 Å². The Kier molecular flexibility index (Phi) is 6.25. The van der Waals surface area contributed by atoms with Gasteiger partial charge in [0.1, 0.15) is 11.6 Å². The van der Waals surface area contributed by atoms with Crippen molar-refractivity contribution < 1.29 is 27.1 Å². The molecular formula is C17H14ClF4NO2. The highest BCUT2D eigenvalue weighted by Gasteiger charge is 2.29. The van der Waals surface area contributed by atoms with Crippen LogP contribution in [0.2, 0.25) is 5.02 Å². The Hall–Kier alpha value is -2.28. The molecule has 25 heavy (non-hydrogen) atoms. The molecule has 0 aliphatic rings. The molecule has 2 rings (SSSR count). The molecule has 0 unspecified atom stereocenters. The van der Waals surface area contributed by atoms with Crippen molar-refractivity contribution in [3.63, 3.8) is 0 Å². The van der Waals surface area contributed by atoms with Gasteiger partial charge in [-0.2, -0.15) is 13.2 Å². The number of hydrogen-bond acceptors (Lipinski definition) is 2. The van der Waals surface area contributed by atoms with Gasteiger partial charge < -0.3 is 10.1 Å². The van der Waals surface area contributed by atoms with Crippen molar-refractivity contribution in [2.45, 2.75) is 19.0 Å². The number of aryl methyl sites for hydroxylation is 1. The second kappa shape index (κ2) is 8.20. The van der Waals surface area contributed by atoms with E-state index < -0.39 is 24.5 Å². The molecule has 0 atom stereocenters. The van der Waals surface area contributed by atoms with Crippen molar-refractivity contribution in [3.05, 3.63) is 58.9 Å². The van der Waals surface area contributed by atoms with E-state index in [1.807, 2.05) is 0 Å². The van der Waals surface area contributed by atoms with Crippen molar-refractivity contribution in [1.82, 2.24) is 0 Å². The lowest BCUT2D eigenvalue weighted by molar-refractivity contribution is -0.153. The van der Waals surface area contributed by atoms with Gasteiger partial charge in [0.15, 0.2) is 6.61 Å². The smallest absolute Gasteiger partial charge is 0.422 e. The van der Waals surface area contributed by atoms with Gasteiger partial charge >= 0.3 is 6.18 Å². The molecule has 2 aromatic rings. The fraction of sp³-hybridized carbons (Fsp3) is 0.235. The Morgan fingerprint density at radius 3 is 2.56 bits per heavy atom. The van der Waals surface area contributed by atoms with Crippen LogP contribution in [-0.4, -0.2) is 18.7 Å². The first kappa shape index (κ1) is 19.1. The highest BCUT2D eigenvalue weighted by Crippen LogP contribution is 2.30. The molecule has 0 aromatic heterocycles. The quantitative estimate of drug-likeness (QED) is 0.722. The normalized spacial score (nSPS) is 11.2. The minimum Gasteiger partial charge on any atom is -0.482 e. The van der Waals surface area contributed by atoms with Crippen molar-refractivity contribution in [1.29, 1.82) is 0 Å². The molecular weight excluding hydrogens is 362 g/mol. The van der Waals surface area contributed by atoms with Crippen LogP contribution in [0, 0.1) is 5.82 Å². The number of carbonyl (C=O) groups is 1. The fourth-order valence-electron chi connectivity index (χ4n) is 2.05. The minimum atomic E-state index is -4.51. The monoisotopic (exact) mass is 375 g/mol. The van der Waals surface area contributed by atoms with E-state index in [-0.39, 0.29) is 29.3 Å². The van der Waals surface area contributed by atoms with Crippen LogP contribution in [0.25, 0.3) is 0 Å². The molecule has 0 radical (unpaired) electrons. The number of alkyl halides is 3. The summed E-state index contributed by atoms with van der Waals surface area (Å²) >= 11 is 5.81. The Balaban J connectivity index is 2.01. The van der Waals surface area contributed by atoms with Crippen molar-refractivity contribution in [2.24, 2.45) is 0 Å². The SMILES string of the molecule is O=C(CCc1ccccc1F)Nc1cc(Cl)ccc1OCC(F)(F)F. The zero-order valence-corrected chi connectivity index (χ0v) is 13.6. The molecule has 1 amide bonds. The van der Waals surface area contributed by atoms with Gasteiger partial charge in [-0.3, -0.25) is 4.79 Å². The minimum absolute atomic E-state index is 0.0234. The van der Waals surface area contributed by atoms with Crippen LogP contribution in [0.1, 0.15) is 12.0 Å². The third-order valence-electron chi connectivity index (χ3n) is 3.19. The summed E-state index contributed by atoms with van der Waals surface area (Å²) in [4.78, 5) is 12.0. The maximum atomic E-state index is 13.5. The Morgan fingerprint density at radius 1 is 1.16 bits per heavy atom. The molecule has 2 aromatic carbocycles. The molecule has 134 valence electrons. The maximum Gasteiger partial charge on any atom is 0.422 e. The molecule has 0 aliphatic heterocycles. The molecule has 0 aliphatic carbocycles. The van der Waals surface area contributed by atoms with Crippen LogP contribution < -0.4 is 10.1 Å². The molecule has 0 heterocycles. The fourth-order valence-corrected chi connectivity index (χ4v) is 2.22. The summed E-state index contributed by atoms with van der Waals surface area (Å²) in [7, 11) is 0. The number of nitrogens with one attached hydrogen (secondary N) is 1. The van der Waals surface area contributed by atoms with Crippen LogP contribution >= 0.6 is 11.6 Å². The lowest BCUT2D eigenvalue weighted by Crippen LogP contribution is -2.20. The lowest BCUT2D eigenvalue weighted by Gasteiger charge is -2.14. The molecule has 0 saturated carbocycles. The van der Waals surface area contributed by atoms with E-state index in [2.05, 4.69) is 10.1 Å². The van der Waals surface area contributed by atoms with Crippen LogP contribution in [0.4, 0.5) is 23.2 Å². The number of anilines is 1. The molecule has 0 bridgehead atoms. The van der Waals surface area contributed by atoms with Gasteiger partial charge in [0, 0.05) is 11.4 Å². The topological polar surface area (TPSA) is 38.3 Å². The first-order valence-corrected chi connectivity index (χ1v) is 7.65. The van der Waals surface area contributed by atoms with Crippen LogP contribution in [0.15, 0.2) is 42.5 Å². The Morgan fingerprint density at radius 2 is 1.88 bits per heavy atom. The summed E-state index contributed by atoms with van der Waals surface area (Å²) in [5.41, 5.74) is 0.396. The van der Waals surface area contributed by atoms with Gasteiger partial charge in [-0.15, -0.1) is 0 Å². The largest absolute Gasteiger partial charge is 0.482 e. The van der Waals surface area contributed by atoms with E-state index in [1.165, 1.54) is 30.3 Å². The van der Waals surface area contributed by atoms with Gasteiger partial charge in [-0.25, -0.2) is 4.39 Å². The lowest BCUT2D eigenvalue weighted by atomic mass is 10.1. The number of ether oxygens (including phenoxy) is 1. The van der Waals surface area contributed by atoms with E-state index in [1.54, 1.807) is 12.1 Å². The number of benzene rings is 2. The first-order chi connectivity index (χ1) is 11.7. The Labute approximate surface area is 146 Å². The van der Waals surface area contributed by atoms with Crippen molar-refractivity contribution in [2.75, 3.05) is 11.9 Å². The zero-order valence-electron chi connectivity index (χ0n) is 12.9. The molecule has 3 nitrogen and oxygen atoms in total. The predicted octanol–water partition coefficient (Wildman–Crippen LogP) is 4.99. The number of halogens is 5. The zero-order chi connectivity index (χ0) is 18.4. The van der Waals surface area contributed by atoms with Crippen molar-refractivity contribution in [3.8, 4) is 5.75 Å². The first-order valence-electron chi connectivity index (χ1n) is 7.27. The van der Waals surface area contributed by atoms with Crippen LogP contribution in [0.3, 0.4) is 0 Å². The summed E-state index contributed by atoms with van der Waals surface area (Å²) in [6.45, 7) is -1.49. The molecule has 0 fully saturated rings. The number of carbonyl (C=O) groups excluding carboxylic acids is 1. The summed E-state index contributed by atoms with van der Waals surface area (Å²) in [6.07, 6.45) is -4.41. The summed E-state index contributed by atoms with van der Waals surface area (Å²) < 4.78 is 55.1. The third kappa shape index (κ3) is 6.26. The number of amides is 1. The summed E-state index contributed by atoms with van der Waals surface area (Å²) in [5, 5.41) is 2.66. The standard InChI is InChI=1S/C17H14ClF4NO2/c18-12-6-7-15(25-10-17(20,21)22)14(9-12)23-16(24)8-5-11-3-1-2-4-13(11)19/h1-4,6-7,9H,5,8,10H2,(H,23,24). The van der Waals surface area contributed by atoms with Gasteiger partial charge in [0.05, 0.1) is 5.69 Å². The Bertz CT molecular complexity index is 750. The van der Waals surface area contributed by atoms with E-state index in [4.69, 9.17) is 11.6 Å². The molecule has 0 spiro atoms. The van der Waals surface area contributed by atoms with Crippen LogP contribution in [-0.2, 0) is 11.2 Å². The predicted molar refractivity (Wildman–Crippen MR) is 86.4 cm³/mol. The van der Waals surface area contributed by atoms with E-state index in [9.17, 15) is 22.4 Å². The van der Waals surface area contributed by atoms with Crippen LogP contribution in [0.5, 0.6) is 5.75 Å².